The molecule has 0 spiro atoms. The van der Waals surface area contributed by atoms with Gasteiger partial charge in [-0.05, 0) is 23.6 Å². The van der Waals surface area contributed by atoms with Crippen LogP contribution in [0.15, 0.2) is 28.7 Å². The Morgan fingerprint density at radius 2 is 1.71 bits per heavy atom. The molecule has 0 radical (unpaired) electrons. The van der Waals surface area contributed by atoms with Crippen LogP contribution in [-0.2, 0) is 9.59 Å². The van der Waals surface area contributed by atoms with Crippen molar-refractivity contribution in [1.82, 2.24) is 9.80 Å². The zero-order valence-electron chi connectivity index (χ0n) is 12.5. The third-order valence-electron chi connectivity index (χ3n) is 3.94. The molecule has 1 fully saturated rings. The Hall–Kier alpha value is -1.36. The van der Waals surface area contributed by atoms with Gasteiger partial charge in [0.1, 0.15) is 0 Å². The standard InChI is InChI=1S/C16H21BrN2O2/c1-12(2)15(13-3-5-14(17)6-4-13)16(21)19-9-7-18(11-20)8-10-19/h3-6,11-12,15H,7-10H2,1-2H3. The maximum Gasteiger partial charge on any atom is 0.230 e. The number of rotatable bonds is 4. The van der Waals surface area contributed by atoms with Crippen LogP contribution in [-0.4, -0.2) is 48.3 Å². The molecule has 2 amide bonds. The fraction of sp³-hybridized carbons (Fsp3) is 0.500. The van der Waals surface area contributed by atoms with Gasteiger partial charge >= 0.3 is 0 Å². The summed E-state index contributed by atoms with van der Waals surface area (Å²) in [5.74, 6) is 0.279. The lowest BCUT2D eigenvalue weighted by Crippen LogP contribution is -2.50. The van der Waals surface area contributed by atoms with E-state index in [9.17, 15) is 9.59 Å². The van der Waals surface area contributed by atoms with Crippen LogP contribution in [0.1, 0.15) is 25.3 Å². The average Bonchev–Trinajstić information content (AvgIpc) is 2.49. The van der Waals surface area contributed by atoms with Gasteiger partial charge in [0.15, 0.2) is 0 Å². The summed E-state index contributed by atoms with van der Waals surface area (Å²) in [5.41, 5.74) is 1.05. The molecule has 0 saturated carbocycles. The number of benzene rings is 1. The molecular weight excluding hydrogens is 332 g/mol. The molecule has 5 heteroatoms. The number of halogens is 1. The van der Waals surface area contributed by atoms with Crippen LogP contribution < -0.4 is 0 Å². The topological polar surface area (TPSA) is 40.6 Å². The van der Waals surface area contributed by atoms with E-state index in [1.165, 1.54) is 0 Å². The number of amides is 2. The van der Waals surface area contributed by atoms with E-state index >= 15 is 0 Å². The minimum absolute atomic E-state index is 0.124. The average molecular weight is 353 g/mol. The van der Waals surface area contributed by atoms with Gasteiger partial charge in [-0.1, -0.05) is 41.9 Å². The molecule has 0 bridgehead atoms. The van der Waals surface area contributed by atoms with Gasteiger partial charge in [0.2, 0.25) is 12.3 Å². The third kappa shape index (κ3) is 3.84. The predicted octanol–water partition coefficient (Wildman–Crippen LogP) is 2.49. The van der Waals surface area contributed by atoms with Gasteiger partial charge in [0.25, 0.3) is 0 Å². The second kappa shape index (κ2) is 7.07. The summed E-state index contributed by atoms with van der Waals surface area (Å²) in [4.78, 5) is 27.2. The molecule has 1 aromatic rings. The Bertz CT molecular complexity index is 494. The summed E-state index contributed by atoms with van der Waals surface area (Å²) in [7, 11) is 0. The third-order valence-corrected chi connectivity index (χ3v) is 4.47. The molecular formula is C16H21BrN2O2. The second-order valence-electron chi connectivity index (χ2n) is 5.74. The number of hydrogen-bond donors (Lipinski definition) is 0. The molecule has 0 aromatic heterocycles. The van der Waals surface area contributed by atoms with E-state index in [1.54, 1.807) is 4.90 Å². The van der Waals surface area contributed by atoms with Gasteiger partial charge in [0.05, 0.1) is 5.92 Å². The van der Waals surface area contributed by atoms with Crippen molar-refractivity contribution < 1.29 is 9.59 Å². The monoisotopic (exact) mass is 352 g/mol. The number of nitrogens with zero attached hydrogens (tertiary/aromatic N) is 2. The lowest BCUT2D eigenvalue weighted by Gasteiger charge is -2.35. The molecule has 1 aromatic carbocycles. The Kier molecular flexibility index (Phi) is 5.39. The molecule has 1 aliphatic rings. The SMILES string of the molecule is CC(C)C(C(=O)N1CCN(C=O)CC1)c1ccc(Br)cc1. The zero-order chi connectivity index (χ0) is 15.4. The Morgan fingerprint density at radius 1 is 1.14 bits per heavy atom. The summed E-state index contributed by atoms with van der Waals surface area (Å²) in [5, 5.41) is 0. The van der Waals surface area contributed by atoms with Crippen LogP contribution in [0.25, 0.3) is 0 Å². The minimum atomic E-state index is -0.124. The van der Waals surface area contributed by atoms with Crippen LogP contribution in [0.4, 0.5) is 0 Å². The fourth-order valence-electron chi connectivity index (χ4n) is 2.73. The molecule has 1 aliphatic heterocycles. The van der Waals surface area contributed by atoms with Crippen molar-refractivity contribution in [2.24, 2.45) is 5.92 Å². The van der Waals surface area contributed by atoms with E-state index < -0.39 is 0 Å². The Morgan fingerprint density at radius 3 is 2.19 bits per heavy atom. The maximum atomic E-state index is 12.8. The normalized spacial score (nSPS) is 17.0. The van der Waals surface area contributed by atoms with Crippen LogP contribution in [0.5, 0.6) is 0 Å². The number of piperazine rings is 1. The molecule has 1 heterocycles. The largest absolute Gasteiger partial charge is 0.342 e. The van der Waals surface area contributed by atoms with Gasteiger partial charge < -0.3 is 9.80 Å². The Labute approximate surface area is 134 Å². The number of hydrogen-bond acceptors (Lipinski definition) is 2. The van der Waals surface area contributed by atoms with Crippen LogP contribution >= 0.6 is 15.9 Å². The van der Waals surface area contributed by atoms with Crippen molar-refractivity contribution in [2.75, 3.05) is 26.2 Å². The first-order valence-corrected chi connectivity index (χ1v) is 8.06. The first-order chi connectivity index (χ1) is 10.0. The zero-order valence-corrected chi connectivity index (χ0v) is 14.0. The van der Waals surface area contributed by atoms with Crippen molar-refractivity contribution in [2.45, 2.75) is 19.8 Å². The molecule has 0 N–H and O–H groups in total. The Balaban J connectivity index is 2.13. The van der Waals surface area contributed by atoms with E-state index in [2.05, 4.69) is 29.8 Å². The fourth-order valence-corrected chi connectivity index (χ4v) is 2.99. The first-order valence-electron chi connectivity index (χ1n) is 7.26. The van der Waals surface area contributed by atoms with E-state index in [4.69, 9.17) is 0 Å². The lowest BCUT2D eigenvalue weighted by atomic mass is 9.87. The van der Waals surface area contributed by atoms with Crippen molar-refractivity contribution in [3.63, 3.8) is 0 Å². The molecule has 1 saturated heterocycles. The highest BCUT2D eigenvalue weighted by Gasteiger charge is 2.30. The van der Waals surface area contributed by atoms with Gasteiger partial charge in [-0.2, -0.15) is 0 Å². The molecule has 114 valence electrons. The van der Waals surface area contributed by atoms with Crippen LogP contribution in [0.3, 0.4) is 0 Å². The highest BCUT2D eigenvalue weighted by atomic mass is 79.9. The predicted molar refractivity (Wildman–Crippen MR) is 85.9 cm³/mol. The van der Waals surface area contributed by atoms with E-state index in [-0.39, 0.29) is 17.7 Å². The van der Waals surface area contributed by atoms with E-state index in [0.717, 1.165) is 16.4 Å². The van der Waals surface area contributed by atoms with Gasteiger partial charge in [0, 0.05) is 30.7 Å². The lowest BCUT2D eigenvalue weighted by molar-refractivity contribution is -0.137. The molecule has 0 aliphatic carbocycles. The highest BCUT2D eigenvalue weighted by Crippen LogP contribution is 2.28. The van der Waals surface area contributed by atoms with Gasteiger partial charge in [-0.15, -0.1) is 0 Å². The van der Waals surface area contributed by atoms with Crippen molar-refractivity contribution >= 4 is 28.2 Å². The van der Waals surface area contributed by atoms with E-state index in [1.807, 2.05) is 29.2 Å². The quantitative estimate of drug-likeness (QED) is 0.781. The van der Waals surface area contributed by atoms with Crippen LogP contribution in [0, 0.1) is 5.92 Å². The van der Waals surface area contributed by atoms with Crippen molar-refractivity contribution in [3.8, 4) is 0 Å². The highest BCUT2D eigenvalue weighted by molar-refractivity contribution is 9.10. The molecule has 1 atom stereocenters. The number of carbonyl (C=O) groups excluding carboxylic acids is 2. The summed E-state index contributed by atoms with van der Waals surface area (Å²) in [6.07, 6.45) is 0.858. The number of carbonyl (C=O) groups is 2. The van der Waals surface area contributed by atoms with Crippen LogP contribution in [0.2, 0.25) is 0 Å². The van der Waals surface area contributed by atoms with Gasteiger partial charge in [-0.3, -0.25) is 9.59 Å². The maximum absolute atomic E-state index is 12.8. The molecule has 21 heavy (non-hydrogen) atoms. The summed E-state index contributed by atoms with van der Waals surface area (Å²) >= 11 is 3.43. The second-order valence-corrected chi connectivity index (χ2v) is 6.66. The molecule has 1 unspecified atom stereocenters. The first kappa shape index (κ1) is 16.0. The van der Waals surface area contributed by atoms with Gasteiger partial charge in [-0.25, -0.2) is 0 Å². The molecule has 4 nitrogen and oxygen atoms in total. The summed E-state index contributed by atoms with van der Waals surface area (Å²) in [6.45, 7) is 6.65. The van der Waals surface area contributed by atoms with Crippen molar-refractivity contribution in [3.05, 3.63) is 34.3 Å². The smallest absolute Gasteiger partial charge is 0.230 e. The minimum Gasteiger partial charge on any atom is -0.342 e. The summed E-state index contributed by atoms with van der Waals surface area (Å²) < 4.78 is 1.01. The molecule has 2 rings (SSSR count). The summed E-state index contributed by atoms with van der Waals surface area (Å²) in [6, 6.07) is 7.97. The van der Waals surface area contributed by atoms with Crippen molar-refractivity contribution in [1.29, 1.82) is 0 Å². The van der Waals surface area contributed by atoms with E-state index in [0.29, 0.717) is 26.2 Å².